The molecule has 32 heavy (non-hydrogen) atoms. The minimum Gasteiger partial charge on any atom is -0.363 e. The summed E-state index contributed by atoms with van der Waals surface area (Å²) in [4.78, 5) is 17.7. The van der Waals surface area contributed by atoms with Gasteiger partial charge >= 0.3 is 0 Å². The number of aromatic nitrogens is 6. The monoisotopic (exact) mass is 486 g/mol. The fraction of sp³-hybridized carbons (Fsp3) is 0.0870. The highest BCUT2D eigenvalue weighted by molar-refractivity contribution is 9.10. The van der Waals surface area contributed by atoms with E-state index >= 15 is 0 Å². The Labute approximate surface area is 192 Å². The predicted octanol–water partition coefficient (Wildman–Crippen LogP) is 4.78. The summed E-state index contributed by atoms with van der Waals surface area (Å²) in [5.41, 5.74) is 3.82. The number of fused-ring (bicyclic) bond motifs is 1. The van der Waals surface area contributed by atoms with E-state index in [1.807, 2.05) is 65.5 Å². The lowest BCUT2D eigenvalue weighted by Gasteiger charge is -2.10. The molecule has 4 heterocycles. The summed E-state index contributed by atoms with van der Waals surface area (Å²) < 4.78 is 2.72. The van der Waals surface area contributed by atoms with Crippen molar-refractivity contribution in [1.82, 2.24) is 29.7 Å². The van der Waals surface area contributed by atoms with Crippen LogP contribution in [-0.4, -0.2) is 29.7 Å². The Balaban J connectivity index is 1.32. The second-order valence-electron chi connectivity index (χ2n) is 7.09. The second-order valence-corrected chi connectivity index (χ2v) is 7.94. The van der Waals surface area contributed by atoms with Crippen LogP contribution in [0.3, 0.4) is 0 Å². The quantitative estimate of drug-likeness (QED) is 0.341. The van der Waals surface area contributed by atoms with Gasteiger partial charge in [0.15, 0.2) is 0 Å². The minimum absolute atomic E-state index is 0.497. The number of hydrogen-bond donors (Lipinski definition) is 2. The van der Waals surface area contributed by atoms with Gasteiger partial charge in [0, 0.05) is 29.7 Å². The second kappa shape index (κ2) is 9.11. The van der Waals surface area contributed by atoms with Crippen LogP contribution in [0.4, 0.5) is 17.5 Å². The molecule has 5 aromatic rings. The maximum atomic E-state index is 4.59. The van der Waals surface area contributed by atoms with Crippen molar-refractivity contribution in [2.45, 2.75) is 13.1 Å². The molecule has 0 spiro atoms. The van der Waals surface area contributed by atoms with Crippen molar-refractivity contribution in [3.8, 4) is 0 Å². The molecule has 0 saturated heterocycles. The van der Waals surface area contributed by atoms with Gasteiger partial charge in [0.05, 0.1) is 40.7 Å². The van der Waals surface area contributed by atoms with E-state index in [4.69, 9.17) is 0 Å². The number of rotatable bonds is 7. The molecule has 9 heteroatoms. The Hall–Kier alpha value is -3.85. The molecule has 2 N–H and O–H groups in total. The Morgan fingerprint density at radius 1 is 0.875 bits per heavy atom. The van der Waals surface area contributed by atoms with Crippen LogP contribution in [0.5, 0.6) is 0 Å². The summed E-state index contributed by atoms with van der Waals surface area (Å²) in [5, 5.41) is 12.1. The van der Waals surface area contributed by atoms with Crippen molar-refractivity contribution in [2.24, 2.45) is 0 Å². The van der Waals surface area contributed by atoms with Crippen molar-refractivity contribution < 1.29 is 0 Å². The van der Waals surface area contributed by atoms with Crippen molar-refractivity contribution in [3.63, 3.8) is 0 Å². The molecule has 0 aliphatic rings. The first kappa shape index (κ1) is 20.1. The summed E-state index contributed by atoms with van der Waals surface area (Å²) >= 11 is 3.50. The Bertz CT molecular complexity index is 1340. The van der Waals surface area contributed by atoms with E-state index in [2.05, 4.69) is 51.6 Å². The fourth-order valence-corrected chi connectivity index (χ4v) is 3.62. The average Bonchev–Trinajstić information content (AvgIpc) is 3.22. The SMILES string of the molecule is Brc1cnc(Nc2ccc3c(cnn3Cc3ccccn3)c2)nc1NCc1ccccn1. The van der Waals surface area contributed by atoms with Gasteiger partial charge in [-0.25, -0.2) is 4.98 Å². The summed E-state index contributed by atoms with van der Waals surface area (Å²) in [5.74, 6) is 1.19. The molecule has 0 fully saturated rings. The zero-order valence-corrected chi connectivity index (χ0v) is 18.6. The number of nitrogens with zero attached hydrogens (tertiary/aromatic N) is 6. The third-order valence-corrected chi connectivity index (χ3v) is 5.42. The van der Waals surface area contributed by atoms with Gasteiger partial charge < -0.3 is 10.6 Å². The fourth-order valence-electron chi connectivity index (χ4n) is 3.29. The molecule has 8 nitrogen and oxygen atoms in total. The normalized spacial score (nSPS) is 10.9. The Kier molecular flexibility index (Phi) is 5.71. The van der Waals surface area contributed by atoms with E-state index in [-0.39, 0.29) is 0 Å². The van der Waals surface area contributed by atoms with Gasteiger partial charge in [-0.1, -0.05) is 12.1 Å². The molecular formula is C23H19BrN8. The maximum absolute atomic E-state index is 4.59. The summed E-state index contributed by atoms with van der Waals surface area (Å²) in [7, 11) is 0. The first-order valence-electron chi connectivity index (χ1n) is 10.0. The van der Waals surface area contributed by atoms with Crippen LogP contribution >= 0.6 is 15.9 Å². The predicted molar refractivity (Wildman–Crippen MR) is 128 cm³/mol. The molecule has 4 aromatic heterocycles. The van der Waals surface area contributed by atoms with E-state index in [0.717, 1.165) is 32.5 Å². The smallest absolute Gasteiger partial charge is 0.229 e. The van der Waals surface area contributed by atoms with Crippen LogP contribution in [0, 0.1) is 0 Å². The molecule has 0 aliphatic heterocycles. The summed E-state index contributed by atoms with van der Waals surface area (Å²) in [6, 6.07) is 17.8. The van der Waals surface area contributed by atoms with Crippen LogP contribution in [0.15, 0.2) is 83.9 Å². The third kappa shape index (κ3) is 4.57. The van der Waals surface area contributed by atoms with E-state index < -0.39 is 0 Å². The molecule has 0 aliphatic carbocycles. The number of hydrogen-bond acceptors (Lipinski definition) is 7. The minimum atomic E-state index is 0.497. The van der Waals surface area contributed by atoms with E-state index in [0.29, 0.717) is 24.9 Å². The molecule has 158 valence electrons. The highest BCUT2D eigenvalue weighted by Crippen LogP contribution is 2.24. The molecular weight excluding hydrogens is 468 g/mol. The molecule has 0 bridgehead atoms. The van der Waals surface area contributed by atoms with Crippen LogP contribution in [-0.2, 0) is 13.1 Å². The zero-order chi connectivity index (χ0) is 21.8. The summed E-state index contributed by atoms with van der Waals surface area (Å²) in [6.07, 6.45) is 7.14. The van der Waals surface area contributed by atoms with Crippen LogP contribution in [0.1, 0.15) is 11.4 Å². The zero-order valence-electron chi connectivity index (χ0n) is 17.0. The molecule has 0 atom stereocenters. The van der Waals surface area contributed by atoms with Crippen LogP contribution in [0.25, 0.3) is 10.9 Å². The van der Waals surface area contributed by atoms with Gasteiger partial charge in [0.1, 0.15) is 5.82 Å². The molecule has 0 saturated carbocycles. The molecule has 5 rings (SSSR count). The lowest BCUT2D eigenvalue weighted by molar-refractivity contribution is 0.696. The largest absolute Gasteiger partial charge is 0.363 e. The van der Waals surface area contributed by atoms with E-state index in [9.17, 15) is 0 Å². The van der Waals surface area contributed by atoms with Gasteiger partial charge in [-0.15, -0.1) is 0 Å². The van der Waals surface area contributed by atoms with Crippen molar-refractivity contribution in [2.75, 3.05) is 10.6 Å². The number of halogens is 1. The molecule has 1 aromatic carbocycles. The maximum Gasteiger partial charge on any atom is 0.229 e. The van der Waals surface area contributed by atoms with Crippen LogP contribution < -0.4 is 10.6 Å². The van der Waals surface area contributed by atoms with Crippen molar-refractivity contribution in [1.29, 1.82) is 0 Å². The lowest BCUT2D eigenvalue weighted by Crippen LogP contribution is -2.06. The van der Waals surface area contributed by atoms with Gasteiger partial charge in [0.25, 0.3) is 0 Å². The number of benzene rings is 1. The highest BCUT2D eigenvalue weighted by atomic mass is 79.9. The first-order chi connectivity index (χ1) is 15.7. The standard InChI is InChI=1S/C23H19BrN8/c24-20-14-28-23(31-22(20)27-13-18-5-1-3-9-25-18)30-17-7-8-21-16(11-17)12-29-32(21)15-19-6-2-4-10-26-19/h1-12,14H,13,15H2,(H2,27,28,30,31). The van der Waals surface area contributed by atoms with Gasteiger partial charge in [-0.3, -0.25) is 14.6 Å². The van der Waals surface area contributed by atoms with Crippen molar-refractivity contribution in [3.05, 3.63) is 95.2 Å². The number of anilines is 3. The van der Waals surface area contributed by atoms with E-state index in [1.54, 1.807) is 18.6 Å². The first-order valence-corrected chi connectivity index (χ1v) is 10.8. The molecule has 0 radical (unpaired) electrons. The molecule has 0 amide bonds. The molecule has 0 unspecified atom stereocenters. The summed E-state index contributed by atoms with van der Waals surface area (Å²) in [6.45, 7) is 1.19. The van der Waals surface area contributed by atoms with E-state index in [1.165, 1.54) is 0 Å². The van der Waals surface area contributed by atoms with Gasteiger partial charge in [-0.05, 0) is 58.4 Å². The van der Waals surface area contributed by atoms with Crippen LogP contribution in [0.2, 0.25) is 0 Å². The lowest BCUT2D eigenvalue weighted by atomic mass is 10.2. The van der Waals surface area contributed by atoms with Gasteiger partial charge in [-0.2, -0.15) is 10.1 Å². The number of nitrogens with one attached hydrogen (secondary N) is 2. The Morgan fingerprint density at radius 2 is 1.69 bits per heavy atom. The van der Waals surface area contributed by atoms with Crippen molar-refractivity contribution >= 4 is 44.3 Å². The van der Waals surface area contributed by atoms with Gasteiger partial charge in [0.2, 0.25) is 5.95 Å². The number of pyridine rings is 2. The average molecular weight is 487 g/mol. The third-order valence-electron chi connectivity index (χ3n) is 4.84. The topological polar surface area (TPSA) is 93.4 Å². The Morgan fingerprint density at radius 3 is 2.47 bits per heavy atom. The highest BCUT2D eigenvalue weighted by Gasteiger charge is 2.08.